The normalized spacial score (nSPS) is 10.7. The molecule has 0 aliphatic rings. The number of halogens is 1. The number of carbonyl (C=O) groups is 1. The minimum absolute atomic E-state index is 0.320. The van der Waals surface area contributed by atoms with E-state index in [-0.39, 0.29) is 0 Å². The summed E-state index contributed by atoms with van der Waals surface area (Å²) in [7, 11) is 0. The lowest BCUT2D eigenvalue weighted by Gasteiger charge is -2.06. The molecule has 0 aromatic heterocycles. The molecule has 0 saturated heterocycles. The molecule has 0 heterocycles. The summed E-state index contributed by atoms with van der Waals surface area (Å²) in [5.41, 5.74) is 7.32. The van der Waals surface area contributed by atoms with E-state index in [9.17, 15) is 4.79 Å². The highest BCUT2D eigenvalue weighted by atomic mass is 79.9. The van der Waals surface area contributed by atoms with Crippen LogP contribution in [0.2, 0.25) is 0 Å². The average molecular weight is 257 g/mol. The van der Waals surface area contributed by atoms with Gasteiger partial charge in [0.2, 0.25) is 5.78 Å². The molecule has 0 aliphatic carbocycles. The van der Waals surface area contributed by atoms with Crippen molar-refractivity contribution < 1.29 is 10.0 Å². The Bertz CT molecular complexity index is 402. The summed E-state index contributed by atoms with van der Waals surface area (Å²) in [5.74, 6) is -0.425. The molecule has 0 aliphatic heterocycles. The van der Waals surface area contributed by atoms with E-state index in [2.05, 4.69) is 21.1 Å². The number of carbonyl (C=O) groups excluding carboxylic acids is 1. The van der Waals surface area contributed by atoms with Crippen molar-refractivity contribution in [1.82, 2.24) is 0 Å². The number of benzene rings is 1. The Morgan fingerprint density at radius 2 is 2.29 bits per heavy atom. The molecule has 0 amide bonds. The lowest BCUT2D eigenvalue weighted by Crippen LogP contribution is -2.06. The molecule has 74 valence electrons. The van der Waals surface area contributed by atoms with Gasteiger partial charge in [0.05, 0.1) is 5.69 Å². The number of nitrogens with two attached hydrogens (primary N) is 1. The van der Waals surface area contributed by atoms with Crippen LogP contribution >= 0.6 is 15.9 Å². The predicted octanol–water partition coefficient (Wildman–Crippen LogP) is 1.98. The monoisotopic (exact) mass is 256 g/mol. The fraction of sp³-hybridized carbons (Fsp3) is 0.111. The SMILES string of the molecule is Cc1ccc(C(=O)/C=N/O)c(N)c1Br. The number of aryl methyl sites for hydroxylation is 1. The summed E-state index contributed by atoms with van der Waals surface area (Å²) in [6.07, 6.45) is 0.813. The largest absolute Gasteiger partial charge is 0.411 e. The Hall–Kier alpha value is -1.36. The van der Waals surface area contributed by atoms with Gasteiger partial charge in [-0.2, -0.15) is 0 Å². The molecular formula is C9H9BrN2O2. The van der Waals surface area contributed by atoms with E-state index in [0.717, 1.165) is 11.8 Å². The number of ketones is 1. The average Bonchev–Trinajstić information content (AvgIpc) is 2.15. The fourth-order valence-corrected chi connectivity index (χ4v) is 1.38. The van der Waals surface area contributed by atoms with Crippen LogP contribution in [0.15, 0.2) is 21.8 Å². The van der Waals surface area contributed by atoms with Gasteiger partial charge >= 0.3 is 0 Å². The zero-order valence-corrected chi connectivity index (χ0v) is 9.08. The van der Waals surface area contributed by atoms with Crippen molar-refractivity contribution in [2.24, 2.45) is 5.16 Å². The van der Waals surface area contributed by atoms with Crippen molar-refractivity contribution in [1.29, 1.82) is 0 Å². The predicted molar refractivity (Wildman–Crippen MR) is 57.9 cm³/mol. The standard InChI is InChI=1S/C9H9BrN2O2/c1-5-2-3-6(7(13)4-12-14)9(11)8(5)10/h2-4,14H,11H2,1H3/b12-4+. The molecule has 0 radical (unpaired) electrons. The molecule has 0 spiro atoms. The van der Waals surface area contributed by atoms with Gasteiger partial charge in [-0.25, -0.2) is 0 Å². The van der Waals surface area contributed by atoms with Gasteiger partial charge in [0.1, 0.15) is 6.21 Å². The van der Waals surface area contributed by atoms with E-state index in [1.807, 2.05) is 6.92 Å². The van der Waals surface area contributed by atoms with Crippen molar-refractivity contribution in [3.8, 4) is 0 Å². The van der Waals surface area contributed by atoms with E-state index in [0.29, 0.717) is 15.7 Å². The zero-order chi connectivity index (χ0) is 10.7. The maximum Gasteiger partial charge on any atom is 0.209 e. The second-order valence-electron chi connectivity index (χ2n) is 2.77. The molecule has 1 aromatic carbocycles. The molecule has 14 heavy (non-hydrogen) atoms. The van der Waals surface area contributed by atoms with Gasteiger partial charge in [0.15, 0.2) is 0 Å². The Morgan fingerprint density at radius 3 is 2.86 bits per heavy atom. The quantitative estimate of drug-likeness (QED) is 0.279. The van der Waals surface area contributed by atoms with Crippen molar-refractivity contribution >= 4 is 33.6 Å². The summed E-state index contributed by atoms with van der Waals surface area (Å²) < 4.78 is 0.690. The third kappa shape index (κ3) is 1.93. The van der Waals surface area contributed by atoms with E-state index in [1.54, 1.807) is 12.1 Å². The van der Waals surface area contributed by atoms with Crippen LogP contribution in [-0.4, -0.2) is 17.2 Å². The van der Waals surface area contributed by atoms with Gasteiger partial charge in [-0.15, -0.1) is 0 Å². The van der Waals surface area contributed by atoms with Crippen molar-refractivity contribution in [2.45, 2.75) is 6.92 Å². The van der Waals surface area contributed by atoms with Crippen molar-refractivity contribution in [3.05, 3.63) is 27.7 Å². The molecule has 0 unspecified atom stereocenters. The lowest BCUT2D eigenvalue weighted by atomic mass is 10.1. The van der Waals surface area contributed by atoms with Gasteiger partial charge in [-0.05, 0) is 34.5 Å². The Kier molecular flexibility index (Phi) is 3.24. The number of anilines is 1. The van der Waals surface area contributed by atoms with Crippen LogP contribution < -0.4 is 5.73 Å². The van der Waals surface area contributed by atoms with E-state index in [1.165, 1.54) is 0 Å². The van der Waals surface area contributed by atoms with Crippen LogP contribution in [-0.2, 0) is 0 Å². The van der Waals surface area contributed by atoms with Crippen LogP contribution in [0, 0.1) is 6.92 Å². The highest BCUT2D eigenvalue weighted by Crippen LogP contribution is 2.26. The van der Waals surface area contributed by atoms with E-state index >= 15 is 0 Å². The minimum atomic E-state index is -0.425. The van der Waals surface area contributed by atoms with Crippen LogP contribution in [0.25, 0.3) is 0 Å². The van der Waals surface area contributed by atoms with Crippen LogP contribution in [0.1, 0.15) is 15.9 Å². The maximum absolute atomic E-state index is 11.3. The van der Waals surface area contributed by atoms with Crippen molar-refractivity contribution in [3.63, 3.8) is 0 Å². The zero-order valence-electron chi connectivity index (χ0n) is 7.49. The summed E-state index contributed by atoms with van der Waals surface area (Å²) in [4.78, 5) is 11.3. The first-order valence-electron chi connectivity index (χ1n) is 3.84. The smallest absolute Gasteiger partial charge is 0.209 e. The van der Waals surface area contributed by atoms with Crippen LogP contribution in [0.5, 0.6) is 0 Å². The Balaban J connectivity index is 3.24. The first-order chi connectivity index (χ1) is 6.57. The Morgan fingerprint density at radius 1 is 1.64 bits per heavy atom. The van der Waals surface area contributed by atoms with Gasteiger partial charge in [0.25, 0.3) is 0 Å². The fourth-order valence-electron chi connectivity index (χ4n) is 1.04. The summed E-state index contributed by atoms with van der Waals surface area (Å²) in [5, 5.41) is 10.9. The molecule has 1 aromatic rings. The first-order valence-corrected chi connectivity index (χ1v) is 4.63. The molecule has 1 rings (SSSR count). The number of rotatable bonds is 2. The molecule has 0 bridgehead atoms. The second-order valence-corrected chi connectivity index (χ2v) is 3.56. The maximum atomic E-state index is 11.3. The van der Waals surface area contributed by atoms with Crippen molar-refractivity contribution in [2.75, 3.05) is 5.73 Å². The number of hydrogen-bond acceptors (Lipinski definition) is 4. The molecule has 0 atom stereocenters. The first kappa shape index (κ1) is 10.7. The summed E-state index contributed by atoms with van der Waals surface area (Å²) >= 11 is 3.27. The summed E-state index contributed by atoms with van der Waals surface area (Å²) in [6, 6.07) is 3.36. The second kappa shape index (κ2) is 4.23. The topological polar surface area (TPSA) is 75.7 Å². The highest BCUT2D eigenvalue weighted by Gasteiger charge is 2.11. The number of nitrogen functional groups attached to an aromatic ring is 1. The van der Waals surface area contributed by atoms with Gasteiger partial charge in [-0.1, -0.05) is 11.2 Å². The van der Waals surface area contributed by atoms with Gasteiger partial charge in [-0.3, -0.25) is 4.79 Å². The molecule has 0 fully saturated rings. The molecule has 5 heteroatoms. The molecule has 3 N–H and O–H groups in total. The Labute approximate surface area is 89.5 Å². The van der Waals surface area contributed by atoms with E-state index < -0.39 is 5.78 Å². The van der Waals surface area contributed by atoms with E-state index in [4.69, 9.17) is 10.9 Å². The molecular weight excluding hydrogens is 248 g/mol. The number of oxime groups is 1. The highest BCUT2D eigenvalue weighted by molar-refractivity contribution is 9.10. The van der Waals surface area contributed by atoms with Gasteiger partial charge in [0, 0.05) is 10.0 Å². The minimum Gasteiger partial charge on any atom is -0.411 e. The molecule has 4 nitrogen and oxygen atoms in total. The lowest BCUT2D eigenvalue weighted by molar-refractivity contribution is 0.106. The summed E-state index contributed by atoms with van der Waals surface area (Å²) in [6.45, 7) is 1.87. The number of nitrogens with zero attached hydrogens (tertiary/aromatic N) is 1. The third-order valence-electron chi connectivity index (χ3n) is 1.81. The van der Waals surface area contributed by atoms with Gasteiger partial charge < -0.3 is 10.9 Å². The number of Topliss-reactive ketones (excluding diaryl/α,β-unsaturated/α-hetero) is 1. The molecule has 0 saturated carbocycles. The van der Waals surface area contributed by atoms with Crippen LogP contribution in [0.4, 0.5) is 5.69 Å². The number of hydrogen-bond donors (Lipinski definition) is 2. The third-order valence-corrected chi connectivity index (χ3v) is 2.87. The van der Waals surface area contributed by atoms with Crippen LogP contribution in [0.3, 0.4) is 0 Å².